The van der Waals surface area contributed by atoms with Crippen LogP contribution in [0.15, 0.2) is 39.2 Å². The summed E-state index contributed by atoms with van der Waals surface area (Å²) in [6, 6.07) is 10.4. The van der Waals surface area contributed by atoms with Crippen molar-refractivity contribution < 1.29 is 9.15 Å². The molecule has 0 spiro atoms. The number of hydrogen-bond donors (Lipinski definition) is 1. The maximum absolute atomic E-state index is 5.87. The number of benzene rings is 1. The van der Waals surface area contributed by atoms with Crippen LogP contribution in [0.3, 0.4) is 0 Å². The van der Waals surface area contributed by atoms with E-state index in [-0.39, 0.29) is 6.04 Å². The first kappa shape index (κ1) is 15.3. The highest BCUT2D eigenvalue weighted by Crippen LogP contribution is 2.30. The highest BCUT2D eigenvalue weighted by molar-refractivity contribution is 9.10. The zero-order valence-electron chi connectivity index (χ0n) is 12.1. The van der Waals surface area contributed by atoms with Gasteiger partial charge in [-0.1, -0.05) is 35.0 Å². The Labute approximate surface area is 128 Å². The number of furan rings is 1. The minimum absolute atomic E-state index is 0.0422. The summed E-state index contributed by atoms with van der Waals surface area (Å²) in [5.74, 6) is 1.75. The van der Waals surface area contributed by atoms with Crippen LogP contribution in [0, 0.1) is 6.92 Å². The van der Waals surface area contributed by atoms with Gasteiger partial charge in [0.1, 0.15) is 18.1 Å². The van der Waals surface area contributed by atoms with Gasteiger partial charge in [-0.3, -0.25) is 0 Å². The molecule has 108 valence electrons. The van der Waals surface area contributed by atoms with Gasteiger partial charge in [-0.2, -0.15) is 0 Å². The monoisotopic (exact) mass is 337 g/mol. The molecule has 4 heteroatoms. The number of nitrogens with one attached hydrogen (secondary N) is 1. The first-order valence-corrected chi connectivity index (χ1v) is 7.52. The standard InChI is InChI=1S/C16H20BrNO2/c1-4-18-16(13-7-5-11(2)9-14(13)17)15-8-6-12(20-15)10-19-3/h5-9,16,18H,4,10H2,1-3H3. The molecule has 0 amide bonds. The first-order valence-electron chi connectivity index (χ1n) is 6.72. The molecular weight excluding hydrogens is 318 g/mol. The highest BCUT2D eigenvalue weighted by Gasteiger charge is 2.19. The highest BCUT2D eigenvalue weighted by atomic mass is 79.9. The lowest BCUT2D eigenvalue weighted by Gasteiger charge is -2.18. The van der Waals surface area contributed by atoms with Crippen molar-refractivity contribution in [2.24, 2.45) is 0 Å². The molecule has 1 unspecified atom stereocenters. The lowest BCUT2D eigenvalue weighted by atomic mass is 10.0. The lowest BCUT2D eigenvalue weighted by molar-refractivity contribution is 0.162. The minimum atomic E-state index is 0.0422. The molecule has 0 radical (unpaired) electrons. The van der Waals surface area contributed by atoms with Crippen LogP contribution in [0.5, 0.6) is 0 Å². The van der Waals surface area contributed by atoms with Gasteiger partial charge in [-0.25, -0.2) is 0 Å². The smallest absolute Gasteiger partial charge is 0.129 e. The molecule has 20 heavy (non-hydrogen) atoms. The maximum Gasteiger partial charge on any atom is 0.129 e. The van der Waals surface area contributed by atoms with Gasteiger partial charge in [0.15, 0.2) is 0 Å². The van der Waals surface area contributed by atoms with Crippen molar-refractivity contribution in [3.05, 3.63) is 57.5 Å². The van der Waals surface area contributed by atoms with Gasteiger partial charge >= 0.3 is 0 Å². The van der Waals surface area contributed by atoms with E-state index < -0.39 is 0 Å². The Bertz CT molecular complexity index is 565. The van der Waals surface area contributed by atoms with Gasteiger partial charge in [-0.15, -0.1) is 0 Å². The number of ether oxygens (including phenoxy) is 1. The van der Waals surface area contributed by atoms with Gasteiger partial charge in [0.25, 0.3) is 0 Å². The first-order chi connectivity index (χ1) is 9.65. The second-order valence-corrected chi connectivity index (χ2v) is 5.61. The maximum atomic E-state index is 5.87. The number of halogens is 1. The summed E-state index contributed by atoms with van der Waals surface area (Å²) in [7, 11) is 1.67. The van der Waals surface area contributed by atoms with Crippen LogP contribution in [0.25, 0.3) is 0 Å². The van der Waals surface area contributed by atoms with Crippen molar-refractivity contribution in [3.8, 4) is 0 Å². The fraction of sp³-hybridized carbons (Fsp3) is 0.375. The van der Waals surface area contributed by atoms with Crippen LogP contribution in [-0.2, 0) is 11.3 Å². The van der Waals surface area contributed by atoms with Crippen LogP contribution in [-0.4, -0.2) is 13.7 Å². The molecule has 1 atom stereocenters. The summed E-state index contributed by atoms with van der Waals surface area (Å²) in [5, 5.41) is 3.47. The summed E-state index contributed by atoms with van der Waals surface area (Å²) >= 11 is 3.65. The number of rotatable bonds is 6. The van der Waals surface area contributed by atoms with Gasteiger partial charge in [0, 0.05) is 11.6 Å². The third kappa shape index (κ3) is 3.51. The number of methoxy groups -OCH3 is 1. The third-order valence-corrected chi connectivity index (χ3v) is 3.82. The molecule has 1 heterocycles. The summed E-state index contributed by atoms with van der Waals surface area (Å²) < 4.78 is 12.1. The summed E-state index contributed by atoms with van der Waals surface area (Å²) in [4.78, 5) is 0. The Morgan fingerprint density at radius 2 is 2.10 bits per heavy atom. The van der Waals surface area contributed by atoms with Gasteiger partial charge in [0.05, 0.1) is 6.04 Å². The molecule has 3 nitrogen and oxygen atoms in total. The van der Waals surface area contributed by atoms with E-state index in [0.717, 1.165) is 22.5 Å². The van der Waals surface area contributed by atoms with E-state index in [4.69, 9.17) is 9.15 Å². The van der Waals surface area contributed by atoms with Crippen LogP contribution >= 0.6 is 15.9 Å². The van der Waals surface area contributed by atoms with E-state index in [2.05, 4.69) is 53.3 Å². The minimum Gasteiger partial charge on any atom is -0.462 e. The molecule has 2 rings (SSSR count). The van der Waals surface area contributed by atoms with Crippen LogP contribution < -0.4 is 5.32 Å². The Morgan fingerprint density at radius 1 is 1.30 bits per heavy atom. The summed E-state index contributed by atoms with van der Waals surface area (Å²) in [6.07, 6.45) is 0. The molecule has 0 aliphatic rings. The molecule has 0 saturated heterocycles. The normalized spacial score (nSPS) is 12.6. The molecule has 0 bridgehead atoms. The molecule has 2 aromatic rings. The molecule has 0 aliphatic heterocycles. The number of aryl methyl sites for hydroxylation is 1. The fourth-order valence-electron chi connectivity index (χ4n) is 2.20. The SMILES string of the molecule is CCNC(c1ccc(COC)o1)c1ccc(C)cc1Br. The molecule has 0 aliphatic carbocycles. The predicted molar refractivity (Wildman–Crippen MR) is 83.8 cm³/mol. The average Bonchev–Trinajstić information content (AvgIpc) is 2.86. The molecule has 0 fully saturated rings. The van der Waals surface area contributed by atoms with Gasteiger partial charge in [-0.05, 0) is 42.8 Å². The van der Waals surface area contributed by atoms with Crippen LogP contribution in [0.4, 0.5) is 0 Å². The Balaban J connectivity index is 2.34. The van der Waals surface area contributed by atoms with Gasteiger partial charge in [0.2, 0.25) is 0 Å². The van der Waals surface area contributed by atoms with E-state index in [1.54, 1.807) is 7.11 Å². The van der Waals surface area contributed by atoms with E-state index in [1.807, 2.05) is 12.1 Å². The second-order valence-electron chi connectivity index (χ2n) is 4.75. The summed E-state index contributed by atoms with van der Waals surface area (Å²) in [5.41, 5.74) is 2.41. The average molecular weight is 338 g/mol. The van der Waals surface area contributed by atoms with Crippen LogP contribution in [0.2, 0.25) is 0 Å². The Morgan fingerprint density at radius 3 is 2.75 bits per heavy atom. The largest absolute Gasteiger partial charge is 0.462 e. The zero-order chi connectivity index (χ0) is 14.5. The predicted octanol–water partition coefficient (Wildman–Crippen LogP) is 4.20. The Hall–Kier alpha value is -1.10. The number of hydrogen-bond acceptors (Lipinski definition) is 3. The van der Waals surface area contributed by atoms with E-state index >= 15 is 0 Å². The van der Waals surface area contributed by atoms with E-state index in [0.29, 0.717) is 6.61 Å². The third-order valence-electron chi connectivity index (χ3n) is 3.13. The lowest BCUT2D eigenvalue weighted by Crippen LogP contribution is -2.22. The molecule has 1 N–H and O–H groups in total. The van der Waals surface area contributed by atoms with Crippen molar-refractivity contribution in [1.82, 2.24) is 5.32 Å². The molecular formula is C16H20BrNO2. The topological polar surface area (TPSA) is 34.4 Å². The Kier molecular flexibility index (Phi) is 5.40. The van der Waals surface area contributed by atoms with Crippen molar-refractivity contribution in [1.29, 1.82) is 0 Å². The second kappa shape index (κ2) is 7.07. The molecule has 1 aromatic heterocycles. The van der Waals surface area contributed by atoms with Crippen molar-refractivity contribution in [2.75, 3.05) is 13.7 Å². The van der Waals surface area contributed by atoms with Gasteiger partial charge < -0.3 is 14.5 Å². The van der Waals surface area contributed by atoms with E-state index in [1.165, 1.54) is 11.1 Å². The van der Waals surface area contributed by atoms with Crippen LogP contribution in [0.1, 0.15) is 35.6 Å². The van der Waals surface area contributed by atoms with Crippen molar-refractivity contribution >= 4 is 15.9 Å². The van der Waals surface area contributed by atoms with Crippen molar-refractivity contribution in [2.45, 2.75) is 26.5 Å². The zero-order valence-corrected chi connectivity index (χ0v) is 13.7. The molecule has 1 aromatic carbocycles. The molecule has 0 saturated carbocycles. The quantitative estimate of drug-likeness (QED) is 0.857. The van der Waals surface area contributed by atoms with E-state index in [9.17, 15) is 0 Å². The van der Waals surface area contributed by atoms with Crippen molar-refractivity contribution in [3.63, 3.8) is 0 Å². The summed E-state index contributed by atoms with van der Waals surface area (Å²) in [6.45, 7) is 5.54. The fourth-order valence-corrected chi connectivity index (χ4v) is 2.93.